The molecule has 0 saturated heterocycles. The lowest BCUT2D eigenvalue weighted by Gasteiger charge is -2.06. The van der Waals surface area contributed by atoms with Crippen LogP contribution in [0.3, 0.4) is 0 Å². The fourth-order valence-corrected chi connectivity index (χ4v) is 2.00. The van der Waals surface area contributed by atoms with E-state index >= 15 is 0 Å². The smallest absolute Gasteiger partial charge is 0.335 e. The van der Waals surface area contributed by atoms with Gasteiger partial charge < -0.3 is 10.4 Å². The molecule has 0 aliphatic heterocycles. The Balaban J connectivity index is 1.89. The third-order valence-corrected chi connectivity index (χ3v) is 3.04. The van der Waals surface area contributed by atoms with Gasteiger partial charge in [0.05, 0.1) is 22.8 Å². The number of hydrogen-bond donors (Lipinski definition) is 3. The molecule has 2 amide bonds. The van der Waals surface area contributed by atoms with Gasteiger partial charge in [-0.3, -0.25) is 10.3 Å². The number of carboxylic acid groups (broad SMARTS) is 1. The van der Waals surface area contributed by atoms with Gasteiger partial charge in [0, 0.05) is 6.20 Å². The first kappa shape index (κ1) is 13.0. The van der Waals surface area contributed by atoms with Crippen molar-refractivity contribution in [3.8, 4) is 0 Å². The van der Waals surface area contributed by atoms with Crippen LogP contribution in [0.25, 0.3) is 0 Å². The van der Waals surface area contributed by atoms with Crippen molar-refractivity contribution in [2.24, 2.45) is 0 Å². The standard InChI is InChI=1S/C12H11N3O3S/c16-11(17)8-3-4-13-9(6-8)7-14-12(18)15-10-2-1-5-19-10/h1-6H,7H2,(H,16,17)(H2,14,15,18). The number of anilines is 1. The summed E-state index contributed by atoms with van der Waals surface area (Å²) in [5.74, 6) is -1.02. The zero-order valence-corrected chi connectivity index (χ0v) is 10.6. The summed E-state index contributed by atoms with van der Waals surface area (Å²) in [6, 6.07) is 6.08. The normalized spacial score (nSPS) is 9.89. The van der Waals surface area contributed by atoms with E-state index in [1.165, 1.54) is 29.7 Å². The minimum atomic E-state index is -1.02. The Morgan fingerprint density at radius 3 is 2.89 bits per heavy atom. The summed E-state index contributed by atoms with van der Waals surface area (Å²) >= 11 is 1.41. The molecule has 2 aromatic heterocycles. The molecular weight excluding hydrogens is 266 g/mol. The van der Waals surface area contributed by atoms with Gasteiger partial charge in [0.2, 0.25) is 0 Å². The van der Waals surface area contributed by atoms with E-state index in [9.17, 15) is 9.59 Å². The molecule has 0 spiro atoms. The summed E-state index contributed by atoms with van der Waals surface area (Å²) in [5.41, 5.74) is 0.631. The van der Waals surface area contributed by atoms with Crippen LogP contribution in [0, 0.1) is 0 Å². The first-order valence-corrected chi connectivity index (χ1v) is 6.29. The average Bonchev–Trinajstić information content (AvgIpc) is 2.89. The summed E-state index contributed by atoms with van der Waals surface area (Å²) in [4.78, 5) is 26.3. The van der Waals surface area contributed by atoms with E-state index in [0.717, 1.165) is 5.00 Å². The van der Waals surface area contributed by atoms with Gasteiger partial charge in [-0.25, -0.2) is 9.59 Å². The van der Waals surface area contributed by atoms with Gasteiger partial charge in [-0.05, 0) is 29.6 Å². The number of nitrogens with zero attached hydrogens (tertiary/aromatic N) is 1. The molecule has 0 radical (unpaired) electrons. The van der Waals surface area contributed by atoms with E-state index in [1.807, 2.05) is 11.4 Å². The Hall–Kier alpha value is -2.41. The highest BCUT2D eigenvalue weighted by molar-refractivity contribution is 7.14. The molecule has 0 atom stereocenters. The predicted molar refractivity (Wildman–Crippen MR) is 71.4 cm³/mol. The molecule has 0 bridgehead atoms. The van der Waals surface area contributed by atoms with Gasteiger partial charge in [-0.2, -0.15) is 0 Å². The number of carbonyl (C=O) groups is 2. The maximum absolute atomic E-state index is 11.5. The molecule has 3 N–H and O–H groups in total. The molecule has 6 nitrogen and oxygen atoms in total. The Kier molecular flexibility index (Phi) is 4.09. The fraction of sp³-hybridized carbons (Fsp3) is 0.0833. The van der Waals surface area contributed by atoms with Crippen LogP contribution in [-0.4, -0.2) is 22.1 Å². The number of carbonyl (C=O) groups excluding carboxylic acids is 1. The molecule has 7 heteroatoms. The van der Waals surface area contributed by atoms with Gasteiger partial charge in [-0.15, -0.1) is 11.3 Å². The van der Waals surface area contributed by atoms with Crippen molar-refractivity contribution in [1.82, 2.24) is 10.3 Å². The second-order valence-corrected chi connectivity index (χ2v) is 4.57. The number of carboxylic acids is 1. The lowest BCUT2D eigenvalue weighted by Crippen LogP contribution is -2.28. The average molecular weight is 277 g/mol. The predicted octanol–water partition coefficient (Wildman–Crippen LogP) is 2.16. The van der Waals surface area contributed by atoms with Crippen LogP contribution >= 0.6 is 11.3 Å². The van der Waals surface area contributed by atoms with Crippen molar-refractivity contribution in [3.63, 3.8) is 0 Å². The Morgan fingerprint density at radius 1 is 1.37 bits per heavy atom. The third-order valence-electron chi connectivity index (χ3n) is 2.25. The van der Waals surface area contributed by atoms with Crippen molar-refractivity contribution >= 4 is 28.3 Å². The maximum atomic E-state index is 11.5. The van der Waals surface area contributed by atoms with Gasteiger partial charge >= 0.3 is 12.0 Å². The minimum Gasteiger partial charge on any atom is -0.478 e. The number of urea groups is 1. The zero-order chi connectivity index (χ0) is 13.7. The highest BCUT2D eigenvalue weighted by Gasteiger charge is 2.06. The lowest BCUT2D eigenvalue weighted by molar-refractivity contribution is 0.0696. The van der Waals surface area contributed by atoms with Gasteiger partial charge in [-0.1, -0.05) is 0 Å². The van der Waals surface area contributed by atoms with Crippen LogP contribution in [0.5, 0.6) is 0 Å². The van der Waals surface area contributed by atoms with Crippen molar-refractivity contribution in [1.29, 1.82) is 0 Å². The quantitative estimate of drug-likeness (QED) is 0.798. The lowest BCUT2D eigenvalue weighted by atomic mass is 10.2. The van der Waals surface area contributed by atoms with E-state index in [0.29, 0.717) is 5.69 Å². The van der Waals surface area contributed by atoms with Crippen LogP contribution in [0.2, 0.25) is 0 Å². The summed E-state index contributed by atoms with van der Waals surface area (Å²) in [6.45, 7) is 0.165. The van der Waals surface area contributed by atoms with Crippen molar-refractivity contribution in [3.05, 3.63) is 47.1 Å². The van der Waals surface area contributed by atoms with Crippen LogP contribution in [-0.2, 0) is 6.54 Å². The Bertz CT molecular complexity index is 584. The summed E-state index contributed by atoms with van der Waals surface area (Å²) in [5, 5.41) is 16.7. The van der Waals surface area contributed by atoms with Crippen LogP contribution in [0.15, 0.2) is 35.8 Å². The largest absolute Gasteiger partial charge is 0.478 e. The minimum absolute atomic E-state index is 0.144. The van der Waals surface area contributed by atoms with Crippen molar-refractivity contribution in [2.75, 3.05) is 5.32 Å². The number of nitrogens with one attached hydrogen (secondary N) is 2. The molecule has 2 heterocycles. The van der Waals surface area contributed by atoms with E-state index in [2.05, 4.69) is 15.6 Å². The first-order valence-electron chi connectivity index (χ1n) is 5.42. The van der Waals surface area contributed by atoms with E-state index < -0.39 is 5.97 Å². The van der Waals surface area contributed by atoms with E-state index in [1.54, 1.807) is 6.07 Å². The number of thiophene rings is 1. The Labute approximate surface area is 113 Å². The molecule has 19 heavy (non-hydrogen) atoms. The van der Waals surface area contributed by atoms with E-state index in [-0.39, 0.29) is 18.1 Å². The Morgan fingerprint density at radius 2 is 2.21 bits per heavy atom. The second-order valence-electron chi connectivity index (χ2n) is 3.63. The van der Waals surface area contributed by atoms with Gasteiger partial charge in [0.15, 0.2) is 0 Å². The molecule has 0 aromatic carbocycles. The maximum Gasteiger partial charge on any atom is 0.335 e. The zero-order valence-electron chi connectivity index (χ0n) is 9.79. The highest BCUT2D eigenvalue weighted by atomic mass is 32.1. The van der Waals surface area contributed by atoms with Crippen molar-refractivity contribution in [2.45, 2.75) is 6.54 Å². The highest BCUT2D eigenvalue weighted by Crippen LogP contribution is 2.14. The van der Waals surface area contributed by atoms with Crippen LogP contribution in [0.1, 0.15) is 16.1 Å². The van der Waals surface area contributed by atoms with Crippen molar-refractivity contribution < 1.29 is 14.7 Å². The SMILES string of the molecule is O=C(NCc1cc(C(=O)O)ccn1)Nc1cccs1. The number of hydrogen-bond acceptors (Lipinski definition) is 4. The summed E-state index contributed by atoms with van der Waals surface area (Å²) in [6.07, 6.45) is 1.40. The van der Waals surface area contributed by atoms with Crippen LogP contribution < -0.4 is 10.6 Å². The molecule has 0 aliphatic carbocycles. The summed E-state index contributed by atoms with van der Waals surface area (Å²) in [7, 11) is 0. The van der Waals surface area contributed by atoms with E-state index in [4.69, 9.17) is 5.11 Å². The number of pyridine rings is 1. The fourth-order valence-electron chi connectivity index (χ4n) is 1.38. The third kappa shape index (κ3) is 3.78. The molecule has 2 aromatic rings. The molecule has 0 aliphatic rings. The number of aromatic carboxylic acids is 1. The molecule has 98 valence electrons. The van der Waals surface area contributed by atoms with Gasteiger partial charge in [0.1, 0.15) is 0 Å². The monoisotopic (exact) mass is 277 g/mol. The number of amides is 2. The number of aromatic nitrogens is 1. The molecule has 0 saturated carbocycles. The van der Waals surface area contributed by atoms with Gasteiger partial charge in [0.25, 0.3) is 0 Å². The van der Waals surface area contributed by atoms with Crippen LogP contribution in [0.4, 0.5) is 9.80 Å². The molecule has 0 fully saturated rings. The first-order chi connectivity index (χ1) is 9.15. The second kappa shape index (κ2) is 5.96. The number of rotatable bonds is 4. The molecule has 2 rings (SSSR count). The molecule has 0 unspecified atom stereocenters. The topological polar surface area (TPSA) is 91.3 Å². The molecular formula is C12H11N3O3S. The summed E-state index contributed by atoms with van der Waals surface area (Å²) < 4.78 is 0.